The number of phenolic OH excluding ortho intramolecular Hbond substituents is 1. The maximum absolute atomic E-state index is 9.73. The Morgan fingerprint density at radius 1 is 1.21 bits per heavy atom. The highest BCUT2D eigenvalue weighted by molar-refractivity contribution is 5.80. The van der Waals surface area contributed by atoms with E-state index < -0.39 is 0 Å². The molecule has 2 aromatic rings. The first kappa shape index (κ1) is 16.1. The number of piperazine rings is 1. The number of hydrogen-bond donors (Lipinski definition) is 1. The van der Waals surface area contributed by atoms with E-state index in [0.29, 0.717) is 12.4 Å². The third kappa shape index (κ3) is 3.95. The van der Waals surface area contributed by atoms with E-state index in [-0.39, 0.29) is 5.75 Å². The molecule has 0 amide bonds. The van der Waals surface area contributed by atoms with Crippen molar-refractivity contribution in [3.63, 3.8) is 0 Å². The minimum atomic E-state index is 0.151. The molecule has 0 radical (unpaired) electrons. The van der Waals surface area contributed by atoms with Gasteiger partial charge >= 0.3 is 0 Å². The molecule has 6 nitrogen and oxygen atoms in total. The van der Waals surface area contributed by atoms with Gasteiger partial charge in [-0.25, -0.2) is 4.98 Å². The molecule has 3 rings (SSSR count). The number of hydrogen-bond acceptors (Lipinski definition) is 6. The number of pyridine rings is 1. The van der Waals surface area contributed by atoms with E-state index in [2.05, 4.69) is 15.0 Å². The van der Waals surface area contributed by atoms with Gasteiger partial charge in [0.25, 0.3) is 0 Å². The van der Waals surface area contributed by atoms with E-state index in [0.717, 1.165) is 37.6 Å². The smallest absolute Gasteiger partial charge is 0.161 e. The van der Waals surface area contributed by atoms with Gasteiger partial charge in [-0.05, 0) is 42.8 Å². The summed E-state index contributed by atoms with van der Waals surface area (Å²) in [7, 11) is 0. The van der Waals surface area contributed by atoms with Crippen molar-refractivity contribution in [2.24, 2.45) is 5.10 Å². The van der Waals surface area contributed by atoms with Crippen LogP contribution in [0.1, 0.15) is 12.5 Å². The monoisotopic (exact) mass is 326 g/mol. The molecule has 1 aromatic heterocycles. The molecule has 6 heteroatoms. The van der Waals surface area contributed by atoms with Crippen molar-refractivity contribution in [3.8, 4) is 11.5 Å². The van der Waals surface area contributed by atoms with Crippen molar-refractivity contribution in [1.82, 2.24) is 9.99 Å². The van der Waals surface area contributed by atoms with Gasteiger partial charge in [-0.15, -0.1) is 0 Å². The molecule has 0 atom stereocenters. The Balaban J connectivity index is 1.58. The van der Waals surface area contributed by atoms with Gasteiger partial charge in [0.1, 0.15) is 5.82 Å². The number of nitrogens with zero attached hydrogens (tertiary/aromatic N) is 4. The quantitative estimate of drug-likeness (QED) is 0.855. The first-order chi connectivity index (χ1) is 11.8. The number of benzene rings is 1. The molecule has 0 bridgehead atoms. The predicted octanol–water partition coefficient (Wildman–Crippen LogP) is 2.34. The Morgan fingerprint density at radius 2 is 2.04 bits per heavy atom. The predicted molar refractivity (Wildman–Crippen MR) is 94.9 cm³/mol. The van der Waals surface area contributed by atoms with Crippen LogP contribution in [0.2, 0.25) is 0 Å². The van der Waals surface area contributed by atoms with Gasteiger partial charge in [0, 0.05) is 19.3 Å². The van der Waals surface area contributed by atoms with Crippen LogP contribution in [0.5, 0.6) is 11.5 Å². The second-order valence-corrected chi connectivity index (χ2v) is 5.53. The van der Waals surface area contributed by atoms with Crippen LogP contribution in [0.25, 0.3) is 0 Å². The Morgan fingerprint density at radius 3 is 2.75 bits per heavy atom. The van der Waals surface area contributed by atoms with Gasteiger partial charge in [0.2, 0.25) is 0 Å². The minimum absolute atomic E-state index is 0.151. The number of hydrazone groups is 1. The lowest BCUT2D eigenvalue weighted by Crippen LogP contribution is -2.44. The van der Waals surface area contributed by atoms with Crippen molar-refractivity contribution in [1.29, 1.82) is 0 Å². The lowest BCUT2D eigenvalue weighted by Gasteiger charge is -2.33. The average Bonchev–Trinajstić information content (AvgIpc) is 2.64. The molecule has 2 heterocycles. The van der Waals surface area contributed by atoms with Gasteiger partial charge in [-0.2, -0.15) is 5.10 Å². The third-order valence-corrected chi connectivity index (χ3v) is 3.88. The van der Waals surface area contributed by atoms with E-state index in [1.165, 1.54) is 0 Å². The summed E-state index contributed by atoms with van der Waals surface area (Å²) in [6, 6.07) is 11.2. The number of rotatable bonds is 5. The Hall–Kier alpha value is -2.76. The van der Waals surface area contributed by atoms with Crippen molar-refractivity contribution in [2.75, 3.05) is 37.7 Å². The number of aromatic nitrogens is 1. The molecule has 0 saturated carbocycles. The van der Waals surface area contributed by atoms with E-state index in [1.807, 2.05) is 42.4 Å². The summed E-state index contributed by atoms with van der Waals surface area (Å²) in [6.45, 7) is 5.90. The molecule has 24 heavy (non-hydrogen) atoms. The van der Waals surface area contributed by atoms with Gasteiger partial charge in [-0.3, -0.25) is 5.01 Å². The van der Waals surface area contributed by atoms with Gasteiger partial charge in [-0.1, -0.05) is 6.07 Å². The largest absolute Gasteiger partial charge is 0.504 e. The molecular formula is C18H22N4O2. The van der Waals surface area contributed by atoms with E-state index in [1.54, 1.807) is 18.3 Å². The van der Waals surface area contributed by atoms with Crippen LogP contribution in [0.3, 0.4) is 0 Å². The van der Waals surface area contributed by atoms with Crippen molar-refractivity contribution < 1.29 is 9.84 Å². The SMILES string of the molecule is CCOc1cc(/C=N\N2CCN(c3ccccn3)CC2)ccc1O. The summed E-state index contributed by atoms with van der Waals surface area (Å²) in [6.07, 6.45) is 3.62. The fourth-order valence-corrected chi connectivity index (χ4v) is 2.61. The number of phenols is 1. The second-order valence-electron chi connectivity index (χ2n) is 5.53. The topological polar surface area (TPSA) is 61.2 Å². The highest BCUT2D eigenvalue weighted by Crippen LogP contribution is 2.26. The van der Waals surface area contributed by atoms with Crippen LogP contribution < -0.4 is 9.64 Å². The fourth-order valence-electron chi connectivity index (χ4n) is 2.61. The summed E-state index contributed by atoms with van der Waals surface area (Å²) in [5, 5.41) is 16.3. The lowest BCUT2D eigenvalue weighted by atomic mass is 10.2. The van der Waals surface area contributed by atoms with Crippen LogP contribution in [-0.4, -0.2) is 54.1 Å². The molecule has 0 aliphatic carbocycles. The molecule has 1 fully saturated rings. The fraction of sp³-hybridized carbons (Fsp3) is 0.333. The number of ether oxygens (including phenoxy) is 1. The molecular weight excluding hydrogens is 304 g/mol. The van der Waals surface area contributed by atoms with Gasteiger partial charge in [0.05, 0.1) is 25.9 Å². The molecule has 1 aliphatic heterocycles. The maximum atomic E-state index is 9.73. The summed E-state index contributed by atoms with van der Waals surface area (Å²) >= 11 is 0. The normalized spacial score (nSPS) is 15.0. The van der Waals surface area contributed by atoms with Gasteiger partial charge < -0.3 is 14.7 Å². The van der Waals surface area contributed by atoms with Crippen LogP contribution in [0.15, 0.2) is 47.7 Å². The van der Waals surface area contributed by atoms with E-state index in [4.69, 9.17) is 4.74 Å². The van der Waals surface area contributed by atoms with Crippen molar-refractivity contribution in [2.45, 2.75) is 6.92 Å². The Bertz CT molecular complexity index is 683. The summed E-state index contributed by atoms with van der Waals surface area (Å²) in [4.78, 5) is 6.65. The average molecular weight is 326 g/mol. The molecule has 0 spiro atoms. The first-order valence-electron chi connectivity index (χ1n) is 8.17. The second kappa shape index (κ2) is 7.68. The summed E-state index contributed by atoms with van der Waals surface area (Å²) < 4.78 is 5.39. The lowest BCUT2D eigenvalue weighted by molar-refractivity contribution is 0.271. The van der Waals surface area contributed by atoms with Crippen LogP contribution in [-0.2, 0) is 0 Å². The van der Waals surface area contributed by atoms with Crippen molar-refractivity contribution in [3.05, 3.63) is 48.2 Å². The molecule has 0 unspecified atom stereocenters. The number of aromatic hydroxyl groups is 1. The van der Waals surface area contributed by atoms with Crippen LogP contribution >= 0.6 is 0 Å². The zero-order chi connectivity index (χ0) is 16.8. The third-order valence-electron chi connectivity index (χ3n) is 3.88. The zero-order valence-corrected chi connectivity index (χ0v) is 13.8. The van der Waals surface area contributed by atoms with E-state index >= 15 is 0 Å². The molecule has 1 aromatic carbocycles. The standard InChI is InChI=1S/C18H22N4O2/c1-2-24-17-13-15(6-7-16(17)23)14-20-22-11-9-21(10-12-22)18-5-3-4-8-19-18/h3-8,13-14,23H,2,9-12H2,1H3/b20-14-. The first-order valence-corrected chi connectivity index (χ1v) is 8.17. The highest BCUT2D eigenvalue weighted by atomic mass is 16.5. The van der Waals surface area contributed by atoms with Crippen LogP contribution in [0, 0.1) is 0 Å². The molecule has 1 saturated heterocycles. The zero-order valence-electron chi connectivity index (χ0n) is 13.8. The van der Waals surface area contributed by atoms with E-state index in [9.17, 15) is 5.11 Å². The molecule has 1 N–H and O–H groups in total. The summed E-state index contributed by atoms with van der Waals surface area (Å²) in [5.41, 5.74) is 0.906. The highest BCUT2D eigenvalue weighted by Gasteiger charge is 2.16. The Labute approximate surface area is 142 Å². The minimum Gasteiger partial charge on any atom is -0.504 e. The van der Waals surface area contributed by atoms with Gasteiger partial charge in [0.15, 0.2) is 11.5 Å². The van der Waals surface area contributed by atoms with Crippen molar-refractivity contribution >= 4 is 12.0 Å². The summed E-state index contributed by atoms with van der Waals surface area (Å²) in [5.74, 6) is 1.65. The van der Waals surface area contributed by atoms with Crippen LogP contribution in [0.4, 0.5) is 5.82 Å². The Kier molecular flexibility index (Phi) is 5.15. The number of anilines is 1. The maximum Gasteiger partial charge on any atom is 0.161 e. The molecule has 1 aliphatic rings. The molecule has 126 valence electrons.